The Hall–Kier alpha value is -0.230. The second-order valence-electron chi connectivity index (χ2n) is 3.46. The van der Waals surface area contributed by atoms with Crippen molar-refractivity contribution in [3.63, 3.8) is 0 Å². The summed E-state index contributed by atoms with van der Waals surface area (Å²) in [6, 6.07) is 6.20. The van der Waals surface area contributed by atoms with E-state index in [-0.39, 0.29) is 12.4 Å². The number of aliphatic hydroxyl groups is 1. The summed E-state index contributed by atoms with van der Waals surface area (Å²) in [5.41, 5.74) is 0. The van der Waals surface area contributed by atoms with Gasteiger partial charge < -0.3 is 5.11 Å². The summed E-state index contributed by atoms with van der Waals surface area (Å²) in [6.45, 7) is 0.150. The summed E-state index contributed by atoms with van der Waals surface area (Å²) in [4.78, 5) is 0.310. The lowest BCUT2D eigenvalue weighted by atomic mass is 10.4. The zero-order valence-corrected chi connectivity index (χ0v) is 11.7. The van der Waals surface area contributed by atoms with Crippen molar-refractivity contribution in [1.29, 1.82) is 0 Å². The van der Waals surface area contributed by atoms with Crippen LogP contribution < -0.4 is 0 Å². The molecule has 3 nitrogen and oxygen atoms in total. The van der Waals surface area contributed by atoms with Crippen LogP contribution in [-0.2, 0) is 9.84 Å². The molecule has 0 amide bonds. The number of aliphatic hydroxyl groups excluding tert-OH is 1. The predicted molar refractivity (Wildman–Crippen MR) is 72.5 cm³/mol. The molecule has 0 saturated carbocycles. The number of halogens is 1. The molecule has 0 aromatic heterocycles. The normalized spacial score (nSPS) is 11.6. The average molecular weight is 295 g/mol. The van der Waals surface area contributed by atoms with E-state index < -0.39 is 9.84 Å². The number of rotatable bonds is 7. The highest BCUT2D eigenvalue weighted by Gasteiger charge is 2.13. The van der Waals surface area contributed by atoms with Gasteiger partial charge in [0.15, 0.2) is 9.84 Å². The Balaban J connectivity index is 2.48. The van der Waals surface area contributed by atoms with Gasteiger partial charge in [-0.15, -0.1) is 0 Å². The van der Waals surface area contributed by atoms with E-state index >= 15 is 0 Å². The Kier molecular flexibility index (Phi) is 6.33. The Morgan fingerprint density at radius 3 is 2.41 bits per heavy atom. The topological polar surface area (TPSA) is 54.4 Å². The molecule has 17 heavy (non-hydrogen) atoms. The van der Waals surface area contributed by atoms with Gasteiger partial charge in [0.1, 0.15) is 0 Å². The van der Waals surface area contributed by atoms with Gasteiger partial charge in [-0.3, -0.25) is 0 Å². The van der Waals surface area contributed by atoms with E-state index in [9.17, 15) is 8.42 Å². The highest BCUT2D eigenvalue weighted by molar-refractivity contribution is 8.00. The van der Waals surface area contributed by atoms with Gasteiger partial charge in [0.05, 0.1) is 10.6 Å². The van der Waals surface area contributed by atoms with E-state index in [0.717, 1.165) is 5.75 Å². The molecular formula is C11H15ClO3S2. The van der Waals surface area contributed by atoms with Crippen molar-refractivity contribution in [2.45, 2.75) is 11.3 Å². The Morgan fingerprint density at radius 1 is 1.18 bits per heavy atom. The predicted octanol–water partition coefficient (Wildman–Crippen LogP) is 2.23. The van der Waals surface area contributed by atoms with Gasteiger partial charge in [-0.05, 0) is 36.4 Å². The molecule has 0 heterocycles. The summed E-state index contributed by atoms with van der Waals surface area (Å²) < 4.78 is 23.7. The average Bonchev–Trinajstić information content (AvgIpc) is 2.29. The molecule has 96 valence electrons. The van der Waals surface area contributed by atoms with Gasteiger partial charge in [0, 0.05) is 17.4 Å². The molecule has 0 atom stereocenters. The molecule has 6 heteroatoms. The molecule has 0 aliphatic carbocycles. The number of hydrogen-bond donors (Lipinski definition) is 1. The van der Waals surface area contributed by atoms with Gasteiger partial charge in [0.2, 0.25) is 0 Å². The highest BCUT2D eigenvalue weighted by Crippen LogP contribution is 2.16. The quantitative estimate of drug-likeness (QED) is 0.784. The smallest absolute Gasteiger partial charge is 0.179 e. The molecular weight excluding hydrogens is 280 g/mol. The van der Waals surface area contributed by atoms with Gasteiger partial charge in [-0.25, -0.2) is 8.42 Å². The van der Waals surface area contributed by atoms with Crippen molar-refractivity contribution in [1.82, 2.24) is 0 Å². The van der Waals surface area contributed by atoms with Crippen molar-refractivity contribution in [3.05, 3.63) is 29.3 Å². The van der Waals surface area contributed by atoms with Crippen LogP contribution in [0.15, 0.2) is 29.2 Å². The van der Waals surface area contributed by atoms with Crippen LogP contribution >= 0.6 is 23.4 Å². The first-order valence-corrected chi connectivity index (χ1v) is 8.41. The fraction of sp³-hybridized carbons (Fsp3) is 0.455. The van der Waals surface area contributed by atoms with Crippen molar-refractivity contribution in [2.75, 3.05) is 23.9 Å². The van der Waals surface area contributed by atoms with Crippen LogP contribution in [0.25, 0.3) is 0 Å². The van der Waals surface area contributed by atoms with Crippen LogP contribution in [0.2, 0.25) is 5.02 Å². The Bertz CT molecular complexity index is 429. The van der Waals surface area contributed by atoms with E-state index in [0.29, 0.717) is 22.1 Å². The van der Waals surface area contributed by atoms with E-state index in [1.54, 1.807) is 12.1 Å². The van der Waals surface area contributed by atoms with Crippen molar-refractivity contribution >= 4 is 33.2 Å². The van der Waals surface area contributed by atoms with Crippen LogP contribution in [0.3, 0.4) is 0 Å². The fourth-order valence-electron chi connectivity index (χ4n) is 1.20. The molecule has 0 fully saturated rings. The molecule has 0 radical (unpaired) electrons. The molecule has 1 N–H and O–H groups in total. The highest BCUT2D eigenvalue weighted by atomic mass is 35.5. The Morgan fingerprint density at radius 2 is 1.82 bits per heavy atom. The molecule has 1 aromatic carbocycles. The molecule has 0 bridgehead atoms. The van der Waals surface area contributed by atoms with Gasteiger partial charge in [-0.2, -0.15) is 11.8 Å². The molecule has 1 aromatic rings. The summed E-state index contributed by atoms with van der Waals surface area (Å²) in [7, 11) is -3.21. The maximum absolute atomic E-state index is 11.9. The third kappa shape index (κ3) is 5.29. The minimum Gasteiger partial charge on any atom is -0.396 e. The zero-order chi connectivity index (χ0) is 12.7. The van der Waals surface area contributed by atoms with E-state index in [1.165, 1.54) is 23.9 Å². The number of benzene rings is 1. The van der Waals surface area contributed by atoms with Gasteiger partial charge in [-0.1, -0.05) is 11.6 Å². The SMILES string of the molecule is O=S(=O)(CCSCCCO)c1ccc(Cl)cc1. The van der Waals surface area contributed by atoms with Crippen LogP contribution in [-0.4, -0.2) is 37.4 Å². The van der Waals surface area contributed by atoms with E-state index in [2.05, 4.69) is 0 Å². The monoisotopic (exact) mass is 294 g/mol. The summed E-state index contributed by atoms with van der Waals surface area (Å²) in [5, 5.41) is 9.11. The van der Waals surface area contributed by atoms with Crippen LogP contribution in [0.1, 0.15) is 6.42 Å². The number of sulfone groups is 1. The third-order valence-electron chi connectivity index (χ3n) is 2.12. The van der Waals surface area contributed by atoms with Crippen LogP contribution in [0.5, 0.6) is 0 Å². The first kappa shape index (κ1) is 14.8. The van der Waals surface area contributed by atoms with E-state index in [1.807, 2.05) is 0 Å². The second-order valence-corrected chi connectivity index (χ2v) is 7.23. The second kappa shape index (κ2) is 7.26. The minimum atomic E-state index is -3.21. The minimum absolute atomic E-state index is 0.116. The van der Waals surface area contributed by atoms with Crippen molar-refractivity contribution in [3.8, 4) is 0 Å². The van der Waals surface area contributed by atoms with Crippen molar-refractivity contribution in [2.24, 2.45) is 0 Å². The lowest BCUT2D eigenvalue weighted by molar-refractivity contribution is 0.296. The lowest BCUT2D eigenvalue weighted by Crippen LogP contribution is -2.09. The molecule has 0 saturated heterocycles. The maximum Gasteiger partial charge on any atom is 0.179 e. The first-order chi connectivity index (χ1) is 8.06. The summed E-state index contributed by atoms with van der Waals surface area (Å²) in [6.07, 6.45) is 0.700. The molecule has 0 aliphatic rings. The number of hydrogen-bond acceptors (Lipinski definition) is 4. The van der Waals surface area contributed by atoms with Gasteiger partial charge in [0.25, 0.3) is 0 Å². The third-order valence-corrected chi connectivity index (χ3v) is 5.43. The molecule has 1 rings (SSSR count). The van der Waals surface area contributed by atoms with E-state index in [4.69, 9.17) is 16.7 Å². The molecule has 0 unspecified atom stereocenters. The van der Waals surface area contributed by atoms with Gasteiger partial charge >= 0.3 is 0 Å². The first-order valence-electron chi connectivity index (χ1n) is 5.23. The number of thioether (sulfide) groups is 1. The zero-order valence-electron chi connectivity index (χ0n) is 9.30. The molecule has 0 spiro atoms. The maximum atomic E-state index is 11.9. The van der Waals surface area contributed by atoms with Crippen LogP contribution in [0.4, 0.5) is 0 Å². The largest absolute Gasteiger partial charge is 0.396 e. The lowest BCUT2D eigenvalue weighted by Gasteiger charge is -2.04. The standard InChI is InChI=1S/C11H15ClO3S2/c12-10-2-4-11(5-3-10)17(14,15)9-8-16-7-1-6-13/h2-5,13H,1,6-9H2. The Labute approximate surface area is 111 Å². The fourth-order valence-corrected chi connectivity index (χ4v) is 4.00. The van der Waals surface area contributed by atoms with Crippen molar-refractivity contribution < 1.29 is 13.5 Å². The van der Waals surface area contributed by atoms with Crippen LogP contribution in [0, 0.1) is 0 Å². The summed E-state index contributed by atoms with van der Waals surface area (Å²) >= 11 is 7.24. The molecule has 0 aliphatic heterocycles. The summed E-state index contributed by atoms with van der Waals surface area (Å²) in [5.74, 6) is 1.45.